The van der Waals surface area contributed by atoms with Gasteiger partial charge in [-0.2, -0.15) is 4.31 Å². The lowest BCUT2D eigenvalue weighted by Gasteiger charge is -2.25. The van der Waals surface area contributed by atoms with Crippen LogP contribution in [0, 0.1) is 5.82 Å². The predicted octanol–water partition coefficient (Wildman–Crippen LogP) is 2.78. The molecule has 1 amide bonds. The Morgan fingerprint density at radius 1 is 1.07 bits per heavy atom. The summed E-state index contributed by atoms with van der Waals surface area (Å²) in [4.78, 5) is 12.9. The highest BCUT2D eigenvalue weighted by atomic mass is 32.2. The molecule has 0 aromatic heterocycles. The van der Waals surface area contributed by atoms with E-state index in [0.717, 1.165) is 30.5 Å². The van der Waals surface area contributed by atoms with Crippen molar-refractivity contribution in [3.63, 3.8) is 0 Å². The third-order valence-electron chi connectivity index (χ3n) is 5.38. The number of rotatable bonds is 4. The van der Waals surface area contributed by atoms with Gasteiger partial charge in [0.1, 0.15) is 11.9 Å². The van der Waals surface area contributed by atoms with E-state index in [9.17, 15) is 17.6 Å². The largest absolute Gasteiger partial charge is 0.348 e. The molecule has 4 rings (SSSR count). The third-order valence-corrected chi connectivity index (χ3v) is 7.30. The van der Waals surface area contributed by atoms with Crippen molar-refractivity contribution in [3.05, 3.63) is 65.5 Å². The van der Waals surface area contributed by atoms with Gasteiger partial charge in [-0.15, -0.1) is 0 Å². The summed E-state index contributed by atoms with van der Waals surface area (Å²) in [5.74, 6) is -0.760. The number of carbonyl (C=O) groups is 1. The number of amides is 1. The fourth-order valence-corrected chi connectivity index (χ4v) is 5.66. The van der Waals surface area contributed by atoms with Crippen LogP contribution >= 0.6 is 0 Å². The van der Waals surface area contributed by atoms with Crippen molar-refractivity contribution in [2.45, 2.75) is 42.7 Å². The normalized spacial score (nSPS) is 22.6. The van der Waals surface area contributed by atoms with Gasteiger partial charge in [0, 0.05) is 6.54 Å². The maximum atomic E-state index is 13.1. The van der Waals surface area contributed by atoms with Crippen LogP contribution < -0.4 is 5.32 Å². The second-order valence-corrected chi connectivity index (χ2v) is 8.92. The molecule has 1 saturated heterocycles. The van der Waals surface area contributed by atoms with Crippen LogP contribution in [0.15, 0.2) is 53.4 Å². The van der Waals surface area contributed by atoms with Gasteiger partial charge < -0.3 is 5.32 Å². The van der Waals surface area contributed by atoms with Crippen LogP contribution in [0.25, 0.3) is 0 Å². The SMILES string of the molecule is O=C(NC1CCc2ccccc21)C1CCCN1S(=O)(=O)c1ccc(F)cc1. The zero-order valence-corrected chi connectivity index (χ0v) is 15.6. The first-order chi connectivity index (χ1) is 13.0. The van der Waals surface area contributed by atoms with Gasteiger partial charge in [-0.1, -0.05) is 24.3 Å². The van der Waals surface area contributed by atoms with Gasteiger partial charge in [0.15, 0.2) is 0 Å². The zero-order valence-electron chi connectivity index (χ0n) is 14.8. The summed E-state index contributed by atoms with van der Waals surface area (Å²) in [6.45, 7) is 0.291. The van der Waals surface area contributed by atoms with E-state index in [1.54, 1.807) is 0 Å². The summed E-state index contributed by atoms with van der Waals surface area (Å²) in [7, 11) is -3.84. The second-order valence-electron chi connectivity index (χ2n) is 7.03. The third kappa shape index (κ3) is 3.37. The minimum Gasteiger partial charge on any atom is -0.348 e. The Morgan fingerprint density at radius 3 is 2.59 bits per heavy atom. The first kappa shape index (κ1) is 18.1. The van der Waals surface area contributed by atoms with Crippen molar-refractivity contribution in [1.82, 2.24) is 9.62 Å². The quantitative estimate of drug-likeness (QED) is 0.876. The van der Waals surface area contributed by atoms with E-state index in [4.69, 9.17) is 0 Å². The molecule has 2 aliphatic rings. The van der Waals surface area contributed by atoms with Crippen LogP contribution in [0.2, 0.25) is 0 Å². The van der Waals surface area contributed by atoms with E-state index >= 15 is 0 Å². The Morgan fingerprint density at radius 2 is 1.81 bits per heavy atom. The number of aryl methyl sites for hydroxylation is 1. The lowest BCUT2D eigenvalue weighted by Crippen LogP contribution is -2.46. The number of fused-ring (bicyclic) bond motifs is 1. The molecule has 0 spiro atoms. The smallest absolute Gasteiger partial charge is 0.243 e. The Balaban J connectivity index is 1.53. The van der Waals surface area contributed by atoms with E-state index in [-0.39, 0.29) is 16.8 Å². The molecule has 2 atom stereocenters. The van der Waals surface area contributed by atoms with E-state index < -0.39 is 21.9 Å². The minimum absolute atomic E-state index is 0.00909. The molecule has 27 heavy (non-hydrogen) atoms. The van der Waals surface area contributed by atoms with E-state index in [1.165, 1.54) is 22.0 Å². The fraction of sp³-hybridized carbons (Fsp3) is 0.350. The molecule has 142 valence electrons. The van der Waals surface area contributed by atoms with Crippen LogP contribution in [0.5, 0.6) is 0 Å². The second kappa shape index (κ2) is 7.05. The monoisotopic (exact) mass is 388 g/mol. The molecule has 1 fully saturated rings. The molecule has 0 saturated carbocycles. The van der Waals surface area contributed by atoms with Crippen molar-refractivity contribution in [3.8, 4) is 0 Å². The molecular formula is C20H21FN2O3S. The van der Waals surface area contributed by atoms with Crippen LogP contribution in [0.4, 0.5) is 4.39 Å². The Labute approximate surface area is 158 Å². The molecule has 2 unspecified atom stereocenters. The lowest BCUT2D eigenvalue weighted by molar-refractivity contribution is -0.125. The van der Waals surface area contributed by atoms with Crippen LogP contribution in [-0.4, -0.2) is 31.2 Å². The summed E-state index contributed by atoms with van der Waals surface area (Å²) in [6.07, 6.45) is 2.84. The molecule has 1 heterocycles. The highest BCUT2D eigenvalue weighted by Crippen LogP contribution is 2.32. The number of nitrogens with one attached hydrogen (secondary N) is 1. The summed E-state index contributed by atoms with van der Waals surface area (Å²) < 4.78 is 40.2. The Hall–Kier alpha value is -2.25. The highest BCUT2D eigenvalue weighted by Gasteiger charge is 2.40. The Kier molecular flexibility index (Phi) is 4.74. The van der Waals surface area contributed by atoms with Gasteiger partial charge in [0.2, 0.25) is 15.9 Å². The maximum Gasteiger partial charge on any atom is 0.243 e. The van der Waals surface area contributed by atoms with Crippen molar-refractivity contribution >= 4 is 15.9 Å². The van der Waals surface area contributed by atoms with Crippen molar-refractivity contribution in [1.29, 1.82) is 0 Å². The van der Waals surface area contributed by atoms with Crippen LogP contribution in [0.1, 0.15) is 36.4 Å². The number of benzene rings is 2. The summed E-state index contributed by atoms with van der Waals surface area (Å²) in [5.41, 5.74) is 2.34. The predicted molar refractivity (Wildman–Crippen MR) is 99.0 cm³/mol. The maximum absolute atomic E-state index is 13.1. The van der Waals surface area contributed by atoms with E-state index in [0.29, 0.717) is 19.4 Å². The number of hydrogen-bond donors (Lipinski definition) is 1. The van der Waals surface area contributed by atoms with E-state index in [2.05, 4.69) is 11.4 Å². The average Bonchev–Trinajstić information content (AvgIpc) is 3.30. The topological polar surface area (TPSA) is 66.5 Å². The average molecular weight is 388 g/mol. The molecule has 7 heteroatoms. The van der Waals surface area contributed by atoms with Crippen molar-refractivity contribution in [2.75, 3.05) is 6.54 Å². The number of nitrogens with zero attached hydrogens (tertiary/aromatic N) is 1. The minimum atomic E-state index is -3.84. The van der Waals surface area contributed by atoms with Crippen molar-refractivity contribution in [2.24, 2.45) is 0 Å². The Bertz CT molecular complexity index is 959. The fourth-order valence-electron chi connectivity index (χ4n) is 4.01. The number of carbonyl (C=O) groups excluding carboxylic acids is 1. The molecule has 1 N–H and O–H groups in total. The molecule has 0 bridgehead atoms. The van der Waals surface area contributed by atoms with E-state index in [1.807, 2.05) is 18.2 Å². The van der Waals surface area contributed by atoms with Gasteiger partial charge >= 0.3 is 0 Å². The molecular weight excluding hydrogens is 367 g/mol. The first-order valence-corrected chi connectivity index (χ1v) is 10.6. The molecule has 1 aliphatic carbocycles. The summed E-state index contributed by atoms with van der Waals surface area (Å²) in [5, 5.41) is 3.03. The number of halogens is 1. The number of hydrogen-bond acceptors (Lipinski definition) is 3. The molecule has 2 aromatic rings. The molecule has 2 aromatic carbocycles. The van der Waals surface area contributed by atoms with Gasteiger partial charge in [-0.3, -0.25) is 4.79 Å². The highest BCUT2D eigenvalue weighted by molar-refractivity contribution is 7.89. The summed E-state index contributed by atoms with van der Waals surface area (Å²) in [6, 6.07) is 11.9. The molecule has 1 aliphatic heterocycles. The van der Waals surface area contributed by atoms with Crippen molar-refractivity contribution < 1.29 is 17.6 Å². The first-order valence-electron chi connectivity index (χ1n) is 9.12. The lowest BCUT2D eigenvalue weighted by atomic mass is 10.1. The summed E-state index contributed by atoms with van der Waals surface area (Å²) >= 11 is 0. The zero-order chi connectivity index (χ0) is 19.0. The molecule has 0 radical (unpaired) electrons. The standard InChI is InChI=1S/C20H21FN2O3S/c21-15-8-10-16(11-9-15)27(25,26)23-13-3-6-19(23)20(24)22-18-12-7-14-4-1-2-5-17(14)18/h1-2,4-5,8-11,18-19H,3,6-7,12-13H2,(H,22,24). The van der Waals surface area contributed by atoms with Crippen LogP contribution in [0.3, 0.4) is 0 Å². The van der Waals surface area contributed by atoms with Gasteiger partial charge in [0.05, 0.1) is 10.9 Å². The van der Waals surface area contributed by atoms with Gasteiger partial charge in [0.25, 0.3) is 0 Å². The molecule has 5 nitrogen and oxygen atoms in total. The van der Waals surface area contributed by atoms with Gasteiger partial charge in [-0.25, -0.2) is 12.8 Å². The van der Waals surface area contributed by atoms with Gasteiger partial charge in [-0.05, 0) is 61.1 Å². The van der Waals surface area contributed by atoms with Crippen LogP contribution in [-0.2, 0) is 21.2 Å². The number of sulfonamides is 1.